The summed E-state index contributed by atoms with van der Waals surface area (Å²) < 4.78 is 62.0. The van der Waals surface area contributed by atoms with Crippen molar-refractivity contribution in [2.45, 2.75) is 112 Å². The second-order valence-electron chi connectivity index (χ2n) is 11.1. The summed E-state index contributed by atoms with van der Waals surface area (Å²) in [7, 11) is 0. The summed E-state index contributed by atoms with van der Waals surface area (Å²) in [6.07, 6.45) is -12.6. The predicted molar refractivity (Wildman–Crippen MR) is 135 cm³/mol. The van der Waals surface area contributed by atoms with Crippen LogP contribution in [0, 0.1) is 11.3 Å². The van der Waals surface area contributed by atoms with Crippen LogP contribution in [0.4, 0.5) is 13.2 Å². The molecule has 13 atom stereocenters. The molecule has 234 valence electrons. The Morgan fingerprint density at radius 2 is 1.80 bits per heavy atom. The van der Waals surface area contributed by atoms with Gasteiger partial charge in [-0.1, -0.05) is 6.92 Å². The second-order valence-corrected chi connectivity index (χ2v) is 11.1. The summed E-state index contributed by atoms with van der Waals surface area (Å²) in [6.45, 7) is 2.87. The number of ether oxygens (including phenoxy) is 4. The van der Waals surface area contributed by atoms with Crippen molar-refractivity contribution in [2.24, 2.45) is 17.4 Å². The van der Waals surface area contributed by atoms with Gasteiger partial charge in [-0.25, -0.2) is 13.2 Å². The van der Waals surface area contributed by atoms with Gasteiger partial charge in [-0.3, -0.25) is 5.41 Å². The standard InChI is InChI=1S/C24H44F3N5O8/c1-10-15(33)23(37-9-24(10,2)36)40-19-14(32-21(30)17(35)20(26)27)7-13(29)18(16(19)34)39-22-12(28)4-3-11(38-22)8-31-6-5-25/h10-20,22-23,31,33-36H,3-9,28-29H2,1-2H3,(H2,30,32)/t10-,11+,12?,13+,14-,15?,16?,17?,18?,19?,22-,23-,24?/m1/s1. The zero-order valence-electron chi connectivity index (χ0n) is 22.7. The Hall–Kier alpha value is -1.18. The molecule has 7 unspecified atom stereocenters. The van der Waals surface area contributed by atoms with E-state index < -0.39 is 91.7 Å². The number of hydrogen-bond acceptors (Lipinski definition) is 12. The molecule has 2 heterocycles. The lowest BCUT2D eigenvalue weighted by Crippen LogP contribution is -2.68. The number of amidine groups is 1. The van der Waals surface area contributed by atoms with Crippen molar-refractivity contribution in [3.63, 3.8) is 0 Å². The molecule has 0 amide bonds. The van der Waals surface area contributed by atoms with Crippen LogP contribution < -0.4 is 22.1 Å². The van der Waals surface area contributed by atoms with Crippen LogP contribution >= 0.6 is 0 Å². The fourth-order valence-corrected chi connectivity index (χ4v) is 5.15. The Kier molecular flexibility index (Phi) is 11.9. The molecule has 0 aromatic carbocycles. The molecule has 0 radical (unpaired) electrons. The van der Waals surface area contributed by atoms with Crippen molar-refractivity contribution < 1.29 is 52.5 Å². The van der Waals surface area contributed by atoms with Crippen molar-refractivity contribution in [3.05, 3.63) is 0 Å². The van der Waals surface area contributed by atoms with E-state index in [-0.39, 0.29) is 25.7 Å². The lowest BCUT2D eigenvalue weighted by Gasteiger charge is -2.49. The molecule has 40 heavy (non-hydrogen) atoms. The Labute approximate surface area is 231 Å². The number of alkyl halides is 3. The maximum atomic E-state index is 13.0. The van der Waals surface area contributed by atoms with Crippen LogP contribution in [-0.2, 0) is 18.9 Å². The van der Waals surface area contributed by atoms with Crippen LogP contribution in [0.25, 0.3) is 0 Å². The molecule has 1 saturated carbocycles. The van der Waals surface area contributed by atoms with Gasteiger partial charge in [0.15, 0.2) is 18.7 Å². The van der Waals surface area contributed by atoms with Gasteiger partial charge in [0.05, 0.1) is 30.4 Å². The van der Waals surface area contributed by atoms with E-state index in [1.54, 1.807) is 6.92 Å². The second kappa shape index (κ2) is 14.3. The molecule has 2 saturated heterocycles. The molecular weight excluding hydrogens is 543 g/mol. The summed E-state index contributed by atoms with van der Waals surface area (Å²) >= 11 is 0. The number of nitrogens with two attached hydrogens (primary N) is 2. The van der Waals surface area contributed by atoms with Crippen LogP contribution in [-0.4, -0.2) is 132 Å². The highest BCUT2D eigenvalue weighted by atomic mass is 19.3. The number of hydrogen-bond donors (Lipinski definition) is 9. The van der Waals surface area contributed by atoms with Gasteiger partial charge in [-0.2, -0.15) is 0 Å². The van der Waals surface area contributed by atoms with Gasteiger partial charge in [-0.15, -0.1) is 0 Å². The van der Waals surface area contributed by atoms with E-state index in [0.29, 0.717) is 19.4 Å². The van der Waals surface area contributed by atoms with Crippen LogP contribution in [0.3, 0.4) is 0 Å². The number of rotatable bonds is 11. The fraction of sp³-hybridized carbons (Fsp3) is 0.958. The van der Waals surface area contributed by atoms with Crippen LogP contribution in [0.5, 0.6) is 0 Å². The summed E-state index contributed by atoms with van der Waals surface area (Å²) in [4.78, 5) is 0. The molecule has 3 rings (SSSR count). The minimum atomic E-state index is -3.23. The van der Waals surface area contributed by atoms with Crippen LogP contribution in [0.1, 0.15) is 33.1 Å². The third-order valence-corrected chi connectivity index (χ3v) is 7.93. The normalized spacial score (nSPS) is 43.5. The van der Waals surface area contributed by atoms with Crippen LogP contribution in [0.2, 0.25) is 0 Å². The predicted octanol–water partition coefficient (Wildman–Crippen LogP) is -2.09. The third kappa shape index (κ3) is 8.01. The van der Waals surface area contributed by atoms with Gasteiger partial charge in [0.2, 0.25) is 0 Å². The summed E-state index contributed by atoms with van der Waals surface area (Å²) in [6, 6.07) is -2.55. The molecule has 3 fully saturated rings. The van der Waals surface area contributed by atoms with Crippen molar-refractivity contribution in [2.75, 3.05) is 26.4 Å². The number of aliphatic hydroxyl groups excluding tert-OH is 3. The first-order valence-electron chi connectivity index (χ1n) is 13.5. The topological polar surface area (TPSA) is 218 Å². The molecule has 1 aliphatic carbocycles. The summed E-state index contributed by atoms with van der Waals surface area (Å²) in [5.41, 5.74) is 11.2. The van der Waals surface area contributed by atoms with E-state index in [9.17, 15) is 33.6 Å². The minimum absolute atomic E-state index is 0.0652. The van der Waals surface area contributed by atoms with Gasteiger partial charge in [0, 0.05) is 25.0 Å². The van der Waals surface area contributed by atoms with Gasteiger partial charge in [0.25, 0.3) is 6.43 Å². The molecule has 0 bridgehead atoms. The molecule has 0 aromatic rings. The zero-order valence-corrected chi connectivity index (χ0v) is 22.7. The van der Waals surface area contributed by atoms with E-state index in [1.165, 1.54) is 6.92 Å². The third-order valence-electron chi connectivity index (χ3n) is 7.93. The minimum Gasteiger partial charge on any atom is -0.388 e. The van der Waals surface area contributed by atoms with Gasteiger partial charge < -0.3 is 61.5 Å². The van der Waals surface area contributed by atoms with Gasteiger partial charge in [-0.05, 0) is 26.2 Å². The molecule has 3 aliphatic rings. The van der Waals surface area contributed by atoms with Crippen molar-refractivity contribution in [1.29, 1.82) is 5.41 Å². The maximum Gasteiger partial charge on any atom is 0.271 e. The monoisotopic (exact) mass is 587 g/mol. The van der Waals surface area contributed by atoms with Crippen LogP contribution in [0.15, 0.2) is 0 Å². The summed E-state index contributed by atoms with van der Waals surface area (Å²) in [5, 5.41) is 55.5. The molecule has 2 aliphatic heterocycles. The largest absolute Gasteiger partial charge is 0.388 e. The van der Waals surface area contributed by atoms with Crippen molar-refractivity contribution in [1.82, 2.24) is 10.6 Å². The Bertz CT molecular complexity index is 820. The Morgan fingerprint density at radius 3 is 2.45 bits per heavy atom. The van der Waals surface area contributed by atoms with E-state index >= 15 is 0 Å². The summed E-state index contributed by atoms with van der Waals surface area (Å²) in [5.74, 6) is -1.60. The Morgan fingerprint density at radius 1 is 1.12 bits per heavy atom. The zero-order chi connectivity index (χ0) is 29.8. The van der Waals surface area contributed by atoms with Crippen molar-refractivity contribution >= 4 is 5.84 Å². The van der Waals surface area contributed by atoms with E-state index in [1.807, 2.05) is 0 Å². The van der Waals surface area contributed by atoms with E-state index in [2.05, 4.69) is 10.6 Å². The number of nitrogens with one attached hydrogen (secondary N) is 3. The molecule has 11 N–H and O–H groups in total. The lowest BCUT2D eigenvalue weighted by molar-refractivity contribution is -0.313. The lowest BCUT2D eigenvalue weighted by atomic mass is 9.82. The Balaban J connectivity index is 1.77. The van der Waals surface area contributed by atoms with Gasteiger partial charge >= 0.3 is 0 Å². The first-order valence-corrected chi connectivity index (χ1v) is 13.5. The van der Waals surface area contributed by atoms with Crippen molar-refractivity contribution in [3.8, 4) is 0 Å². The first-order chi connectivity index (χ1) is 18.8. The quantitative estimate of drug-likeness (QED) is 0.0722. The highest BCUT2D eigenvalue weighted by Gasteiger charge is 2.51. The maximum absolute atomic E-state index is 13.0. The molecule has 16 heteroatoms. The average Bonchev–Trinajstić information content (AvgIpc) is 2.89. The molecule has 13 nitrogen and oxygen atoms in total. The number of halogens is 3. The van der Waals surface area contributed by atoms with Gasteiger partial charge in [0.1, 0.15) is 36.9 Å². The molecule has 0 spiro atoms. The fourth-order valence-electron chi connectivity index (χ4n) is 5.15. The molecular formula is C24H44F3N5O8. The first kappa shape index (κ1) is 33.3. The highest BCUT2D eigenvalue weighted by Crippen LogP contribution is 2.34. The smallest absolute Gasteiger partial charge is 0.271 e. The number of aliphatic hydroxyl groups is 4. The van der Waals surface area contributed by atoms with E-state index in [4.69, 9.17) is 35.8 Å². The van der Waals surface area contributed by atoms with E-state index in [0.717, 1.165) is 0 Å². The molecule has 0 aromatic heterocycles. The highest BCUT2D eigenvalue weighted by molar-refractivity contribution is 5.84. The average molecular weight is 588 g/mol. The SMILES string of the molecule is C[C@@H]1C(O)[C@@H](OC2C(O)C(O[C@H]3O[C@H](CNCCF)CCC3N)[C@@H](N)C[C@H]2NC(=N)C(O)C(F)F)OCC1(C)O.